The molecule has 2 aromatic rings. The van der Waals surface area contributed by atoms with Crippen LogP contribution in [0.5, 0.6) is 5.75 Å². The smallest absolute Gasteiger partial charge is 0.220 e. The second-order valence-corrected chi connectivity index (χ2v) is 6.28. The number of carbonyl (C=O) groups excluding carboxylic acids is 1. The van der Waals surface area contributed by atoms with Gasteiger partial charge in [-0.25, -0.2) is 4.98 Å². The molecule has 21 heavy (non-hydrogen) atoms. The van der Waals surface area contributed by atoms with Gasteiger partial charge in [-0.1, -0.05) is 11.6 Å². The first-order valence-electron chi connectivity index (χ1n) is 6.70. The minimum Gasteiger partial charge on any atom is -0.494 e. The molecule has 1 aromatic heterocycles. The summed E-state index contributed by atoms with van der Waals surface area (Å²) in [5.41, 5.74) is 0. The number of hydrogen-bond acceptors (Lipinski definition) is 4. The topological polar surface area (TPSA) is 51.2 Å². The lowest BCUT2D eigenvalue weighted by molar-refractivity contribution is -0.121. The fourth-order valence-electron chi connectivity index (χ4n) is 1.71. The van der Waals surface area contributed by atoms with Crippen molar-refractivity contribution in [3.05, 3.63) is 45.4 Å². The van der Waals surface area contributed by atoms with Crippen LogP contribution < -0.4 is 10.1 Å². The molecule has 0 aliphatic carbocycles. The summed E-state index contributed by atoms with van der Waals surface area (Å²) in [6, 6.07) is 7.18. The van der Waals surface area contributed by atoms with Gasteiger partial charge in [0.25, 0.3) is 0 Å². The second-order valence-electron chi connectivity index (χ2n) is 4.53. The highest BCUT2D eigenvalue weighted by atomic mass is 35.5. The third-order valence-corrected chi connectivity index (χ3v) is 3.92. The fraction of sp³-hybridized carbons (Fsp3) is 0.333. The number of amides is 1. The Morgan fingerprint density at radius 2 is 2.14 bits per heavy atom. The Morgan fingerprint density at radius 3 is 2.81 bits per heavy atom. The molecule has 4 nitrogen and oxygen atoms in total. The maximum atomic E-state index is 11.7. The first-order chi connectivity index (χ1) is 10.1. The van der Waals surface area contributed by atoms with Crippen LogP contribution in [0.4, 0.5) is 0 Å². The Balaban J connectivity index is 1.59. The van der Waals surface area contributed by atoms with E-state index >= 15 is 0 Å². The normalized spacial score (nSPS) is 10.4. The summed E-state index contributed by atoms with van der Waals surface area (Å²) in [5.74, 6) is 0.792. The molecule has 0 spiro atoms. The van der Waals surface area contributed by atoms with E-state index in [9.17, 15) is 4.79 Å². The van der Waals surface area contributed by atoms with E-state index in [1.54, 1.807) is 29.7 Å². The zero-order valence-corrected chi connectivity index (χ0v) is 13.3. The molecule has 0 saturated carbocycles. The zero-order chi connectivity index (χ0) is 15.1. The second kappa shape index (κ2) is 8.00. The molecule has 0 fully saturated rings. The molecule has 0 bridgehead atoms. The number of nitrogens with one attached hydrogen (secondary N) is 1. The van der Waals surface area contributed by atoms with Gasteiger partial charge in [0, 0.05) is 22.5 Å². The van der Waals surface area contributed by atoms with Gasteiger partial charge in [-0.15, -0.1) is 11.3 Å². The van der Waals surface area contributed by atoms with E-state index in [1.807, 2.05) is 19.1 Å². The van der Waals surface area contributed by atoms with Gasteiger partial charge >= 0.3 is 0 Å². The molecular weight excluding hydrogens is 308 g/mol. The predicted octanol–water partition coefficient (Wildman–Crippen LogP) is 3.58. The molecule has 0 aliphatic rings. The van der Waals surface area contributed by atoms with Gasteiger partial charge in [-0.3, -0.25) is 4.79 Å². The molecule has 0 unspecified atom stereocenters. The Kier molecular flexibility index (Phi) is 6.02. The molecule has 0 saturated heterocycles. The fourth-order valence-corrected chi connectivity index (χ4v) is 2.58. The molecule has 0 radical (unpaired) electrons. The van der Waals surface area contributed by atoms with Crippen molar-refractivity contribution in [3.8, 4) is 5.75 Å². The van der Waals surface area contributed by atoms with Crippen LogP contribution in [0.1, 0.15) is 22.7 Å². The molecule has 2 rings (SSSR count). The molecule has 6 heteroatoms. The SMILES string of the molecule is Cc1ncc(CNC(=O)CCCOc2ccc(Cl)cc2)s1. The van der Waals surface area contributed by atoms with Gasteiger partial charge in [0.1, 0.15) is 5.75 Å². The number of thiazole rings is 1. The van der Waals surface area contributed by atoms with Crippen LogP contribution in [-0.2, 0) is 11.3 Å². The number of carbonyl (C=O) groups is 1. The van der Waals surface area contributed by atoms with Crippen LogP contribution in [0.3, 0.4) is 0 Å². The summed E-state index contributed by atoms with van der Waals surface area (Å²) >= 11 is 7.38. The number of benzene rings is 1. The van der Waals surface area contributed by atoms with Crippen LogP contribution in [0.25, 0.3) is 0 Å². The van der Waals surface area contributed by atoms with Crippen LogP contribution in [0.15, 0.2) is 30.5 Å². The van der Waals surface area contributed by atoms with E-state index in [-0.39, 0.29) is 5.91 Å². The maximum absolute atomic E-state index is 11.7. The maximum Gasteiger partial charge on any atom is 0.220 e. The number of hydrogen-bond donors (Lipinski definition) is 1. The summed E-state index contributed by atoms with van der Waals surface area (Å²) in [4.78, 5) is 16.9. The minimum atomic E-state index is 0.0285. The van der Waals surface area contributed by atoms with Crippen molar-refractivity contribution in [2.24, 2.45) is 0 Å². The summed E-state index contributed by atoms with van der Waals surface area (Å²) in [7, 11) is 0. The van der Waals surface area contributed by atoms with Gasteiger partial charge in [-0.2, -0.15) is 0 Å². The first kappa shape index (κ1) is 15.8. The van der Waals surface area contributed by atoms with Crippen molar-refractivity contribution in [2.75, 3.05) is 6.61 Å². The lowest BCUT2D eigenvalue weighted by Crippen LogP contribution is -2.22. The average molecular weight is 325 g/mol. The molecule has 1 amide bonds. The van der Waals surface area contributed by atoms with Gasteiger partial charge < -0.3 is 10.1 Å². The molecule has 0 atom stereocenters. The summed E-state index contributed by atoms with van der Waals surface area (Å²) in [5, 5.41) is 4.57. The Bertz CT molecular complexity index is 584. The van der Waals surface area contributed by atoms with E-state index in [1.165, 1.54) is 0 Å². The van der Waals surface area contributed by atoms with Crippen molar-refractivity contribution >= 4 is 28.8 Å². The monoisotopic (exact) mass is 324 g/mol. The summed E-state index contributed by atoms with van der Waals surface area (Å²) < 4.78 is 5.53. The zero-order valence-electron chi connectivity index (χ0n) is 11.8. The Morgan fingerprint density at radius 1 is 1.38 bits per heavy atom. The van der Waals surface area contributed by atoms with E-state index in [2.05, 4.69) is 10.3 Å². The lowest BCUT2D eigenvalue weighted by atomic mass is 10.3. The number of rotatable bonds is 7. The molecule has 0 aliphatic heterocycles. The highest BCUT2D eigenvalue weighted by Gasteiger charge is 2.03. The van der Waals surface area contributed by atoms with Crippen molar-refractivity contribution in [1.82, 2.24) is 10.3 Å². The van der Waals surface area contributed by atoms with Crippen molar-refractivity contribution < 1.29 is 9.53 Å². The van der Waals surface area contributed by atoms with Gasteiger partial charge in [0.15, 0.2) is 0 Å². The number of aryl methyl sites for hydroxylation is 1. The van der Waals surface area contributed by atoms with Crippen LogP contribution in [0.2, 0.25) is 5.02 Å². The highest BCUT2D eigenvalue weighted by molar-refractivity contribution is 7.11. The van der Waals surface area contributed by atoms with E-state index in [0.29, 0.717) is 31.0 Å². The third-order valence-electron chi connectivity index (χ3n) is 2.76. The van der Waals surface area contributed by atoms with E-state index in [0.717, 1.165) is 15.6 Å². The third kappa shape index (κ3) is 5.73. The van der Waals surface area contributed by atoms with Crippen molar-refractivity contribution in [1.29, 1.82) is 0 Å². The van der Waals surface area contributed by atoms with Crippen molar-refractivity contribution in [3.63, 3.8) is 0 Å². The van der Waals surface area contributed by atoms with E-state index < -0.39 is 0 Å². The highest BCUT2D eigenvalue weighted by Crippen LogP contribution is 2.15. The molecular formula is C15H17ClN2O2S. The lowest BCUT2D eigenvalue weighted by Gasteiger charge is -2.06. The number of ether oxygens (including phenoxy) is 1. The van der Waals surface area contributed by atoms with Crippen LogP contribution in [-0.4, -0.2) is 17.5 Å². The Hall–Kier alpha value is -1.59. The molecule has 112 valence electrons. The summed E-state index contributed by atoms with van der Waals surface area (Å²) in [6.07, 6.45) is 2.92. The van der Waals surface area contributed by atoms with Crippen LogP contribution >= 0.6 is 22.9 Å². The number of nitrogens with zero attached hydrogens (tertiary/aromatic N) is 1. The largest absolute Gasteiger partial charge is 0.494 e. The average Bonchev–Trinajstić information content (AvgIpc) is 2.89. The molecule has 1 N–H and O–H groups in total. The van der Waals surface area contributed by atoms with Gasteiger partial charge in [0.05, 0.1) is 18.2 Å². The number of halogens is 1. The van der Waals surface area contributed by atoms with E-state index in [4.69, 9.17) is 16.3 Å². The Labute approximate surface area is 133 Å². The van der Waals surface area contributed by atoms with Gasteiger partial charge in [-0.05, 0) is 37.6 Å². The predicted molar refractivity (Wildman–Crippen MR) is 84.9 cm³/mol. The first-order valence-corrected chi connectivity index (χ1v) is 7.89. The summed E-state index contributed by atoms with van der Waals surface area (Å²) in [6.45, 7) is 3.00. The van der Waals surface area contributed by atoms with Crippen LogP contribution in [0, 0.1) is 6.92 Å². The molecule has 1 aromatic carbocycles. The minimum absolute atomic E-state index is 0.0285. The standard InChI is InChI=1S/C15H17ClN2O2S/c1-11-17-9-14(21-11)10-18-15(19)3-2-8-20-13-6-4-12(16)5-7-13/h4-7,9H,2-3,8,10H2,1H3,(H,18,19). The quantitative estimate of drug-likeness (QED) is 0.792. The van der Waals surface area contributed by atoms with Crippen molar-refractivity contribution in [2.45, 2.75) is 26.3 Å². The van der Waals surface area contributed by atoms with Gasteiger partial charge in [0.2, 0.25) is 5.91 Å². The number of aromatic nitrogens is 1. The molecule has 1 heterocycles.